The predicted octanol–water partition coefficient (Wildman–Crippen LogP) is 2.66. The maximum Gasteiger partial charge on any atom is 0.125 e. The molecule has 0 heterocycles. The van der Waals surface area contributed by atoms with E-state index in [1.165, 1.54) is 0 Å². The molecule has 0 fully saturated rings. The van der Waals surface area contributed by atoms with Gasteiger partial charge in [0.1, 0.15) is 11.9 Å². The van der Waals surface area contributed by atoms with Gasteiger partial charge in [0.05, 0.1) is 0 Å². The van der Waals surface area contributed by atoms with Crippen LogP contribution in [-0.2, 0) is 9.78 Å². The quantitative estimate of drug-likeness (QED) is 0.344. The second kappa shape index (κ2) is 4.34. The van der Waals surface area contributed by atoms with Crippen LogP contribution < -0.4 is 0 Å². The minimum absolute atomic E-state index is 0.224. The van der Waals surface area contributed by atoms with Crippen molar-refractivity contribution in [2.24, 2.45) is 0 Å². The Hall–Kier alpha value is -0.500. The largest absolute Gasteiger partial charge is 0.345 e. The molecule has 0 aromatic carbocycles. The van der Waals surface area contributed by atoms with Crippen molar-refractivity contribution < 1.29 is 9.78 Å². The molecule has 0 unspecified atom stereocenters. The van der Waals surface area contributed by atoms with Crippen molar-refractivity contribution in [1.29, 1.82) is 0 Å². The molecule has 0 bridgehead atoms. The summed E-state index contributed by atoms with van der Waals surface area (Å²) in [6, 6.07) is 0. The maximum absolute atomic E-state index is 4.94. The van der Waals surface area contributed by atoms with Gasteiger partial charge < -0.3 is 4.89 Å². The molecule has 10 heavy (non-hydrogen) atoms. The summed E-state index contributed by atoms with van der Waals surface area (Å²) in [6.45, 7) is 7.85. The molecular weight excluding hydrogens is 128 g/mol. The summed E-state index contributed by atoms with van der Waals surface area (Å²) in [5, 5.41) is 0. The van der Waals surface area contributed by atoms with Crippen LogP contribution in [0.15, 0.2) is 12.3 Å². The topological polar surface area (TPSA) is 18.5 Å². The normalized spacial score (nSPS) is 12.4. The Morgan fingerprint density at radius 1 is 1.30 bits per heavy atom. The Kier molecular flexibility index (Phi) is 4.12. The third-order valence-corrected chi connectivity index (χ3v) is 0.686. The van der Waals surface area contributed by atoms with Gasteiger partial charge in [-0.05, 0) is 33.3 Å². The Bertz CT molecular complexity index is 100. The van der Waals surface area contributed by atoms with Crippen molar-refractivity contribution in [3.63, 3.8) is 0 Å². The summed E-state index contributed by atoms with van der Waals surface area (Å²) >= 11 is 0. The van der Waals surface area contributed by atoms with Crippen LogP contribution in [0, 0.1) is 0 Å². The monoisotopic (exact) mass is 144 g/mol. The van der Waals surface area contributed by atoms with Gasteiger partial charge in [-0.2, -0.15) is 4.89 Å². The molecule has 60 valence electrons. The fraction of sp³-hybridized carbons (Fsp3) is 0.750. The van der Waals surface area contributed by atoms with Crippen LogP contribution in [0.4, 0.5) is 0 Å². The van der Waals surface area contributed by atoms with E-state index in [1.807, 2.05) is 33.8 Å². The Balaban J connectivity index is 3.28. The highest BCUT2D eigenvalue weighted by Crippen LogP contribution is 2.06. The third kappa shape index (κ3) is 7.50. The molecule has 0 aliphatic rings. The lowest BCUT2D eigenvalue weighted by atomic mass is 10.2. The van der Waals surface area contributed by atoms with Crippen molar-refractivity contribution >= 4 is 0 Å². The fourth-order valence-corrected chi connectivity index (χ4v) is 0.308. The van der Waals surface area contributed by atoms with Gasteiger partial charge in [0, 0.05) is 0 Å². The molecule has 0 saturated carbocycles. The molecule has 0 amide bonds. The van der Waals surface area contributed by atoms with Crippen LogP contribution in [0.25, 0.3) is 0 Å². The minimum Gasteiger partial charge on any atom is -0.345 e. The summed E-state index contributed by atoms with van der Waals surface area (Å²) in [4.78, 5) is 9.70. The van der Waals surface area contributed by atoms with Gasteiger partial charge in [-0.3, -0.25) is 0 Å². The molecule has 0 aliphatic heterocycles. The molecule has 0 rings (SSSR count). The summed E-state index contributed by atoms with van der Waals surface area (Å²) < 4.78 is 0. The van der Waals surface area contributed by atoms with E-state index in [1.54, 1.807) is 6.26 Å². The second-order valence-electron chi connectivity index (χ2n) is 3.07. The van der Waals surface area contributed by atoms with E-state index in [4.69, 9.17) is 9.78 Å². The first-order valence-corrected chi connectivity index (χ1v) is 3.56. The van der Waals surface area contributed by atoms with Crippen LogP contribution in [0.3, 0.4) is 0 Å². The summed E-state index contributed by atoms with van der Waals surface area (Å²) in [7, 11) is 0. The molecule has 0 atom stereocenters. The van der Waals surface area contributed by atoms with Gasteiger partial charge in [0.25, 0.3) is 0 Å². The average molecular weight is 144 g/mol. The van der Waals surface area contributed by atoms with E-state index in [9.17, 15) is 0 Å². The number of rotatable bonds is 3. The summed E-state index contributed by atoms with van der Waals surface area (Å²) in [6.07, 6.45) is 4.42. The maximum atomic E-state index is 4.94. The van der Waals surface area contributed by atoms with E-state index >= 15 is 0 Å². The zero-order valence-corrected chi connectivity index (χ0v) is 7.18. The first-order chi connectivity index (χ1) is 4.56. The van der Waals surface area contributed by atoms with Crippen LogP contribution in [0.2, 0.25) is 0 Å². The highest BCUT2D eigenvalue weighted by molar-refractivity contribution is 4.69. The van der Waals surface area contributed by atoms with Gasteiger partial charge in [0.2, 0.25) is 0 Å². The summed E-state index contributed by atoms with van der Waals surface area (Å²) in [5.74, 6) is 0. The van der Waals surface area contributed by atoms with Gasteiger partial charge in [-0.25, -0.2) is 0 Å². The third-order valence-electron chi connectivity index (χ3n) is 0.686. The van der Waals surface area contributed by atoms with E-state index in [-0.39, 0.29) is 5.60 Å². The van der Waals surface area contributed by atoms with Crippen molar-refractivity contribution in [1.82, 2.24) is 0 Å². The number of hydrogen-bond donors (Lipinski definition) is 0. The molecule has 0 aromatic rings. The van der Waals surface area contributed by atoms with Gasteiger partial charge >= 0.3 is 0 Å². The van der Waals surface area contributed by atoms with Crippen molar-refractivity contribution in [2.45, 2.75) is 39.7 Å². The smallest absolute Gasteiger partial charge is 0.125 e. The molecule has 0 spiro atoms. The predicted molar refractivity (Wildman–Crippen MR) is 41.4 cm³/mol. The van der Waals surface area contributed by atoms with Crippen molar-refractivity contribution in [3.8, 4) is 0 Å². The molecular formula is C8H16O2. The zero-order valence-electron chi connectivity index (χ0n) is 7.18. The van der Waals surface area contributed by atoms with Crippen LogP contribution in [0.1, 0.15) is 34.1 Å². The molecule has 2 heteroatoms. The molecule has 2 nitrogen and oxygen atoms in total. The molecule has 0 saturated heterocycles. The Labute approximate surface area is 62.8 Å². The van der Waals surface area contributed by atoms with Crippen LogP contribution in [-0.4, -0.2) is 5.60 Å². The number of allylic oxidation sites excluding steroid dienone is 1. The van der Waals surface area contributed by atoms with E-state index in [2.05, 4.69) is 0 Å². The highest BCUT2D eigenvalue weighted by Gasteiger charge is 2.10. The van der Waals surface area contributed by atoms with Gasteiger partial charge in [0.15, 0.2) is 0 Å². The lowest BCUT2D eigenvalue weighted by molar-refractivity contribution is -0.310. The first kappa shape index (κ1) is 9.50. The molecule has 0 N–H and O–H groups in total. The van der Waals surface area contributed by atoms with Crippen molar-refractivity contribution in [3.05, 3.63) is 12.3 Å². The highest BCUT2D eigenvalue weighted by atomic mass is 17.2. The molecule has 0 aromatic heterocycles. The van der Waals surface area contributed by atoms with E-state index < -0.39 is 0 Å². The lowest BCUT2D eigenvalue weighted by Crippen LogP contribution is -2.17. The number of hydrogen-bond acceptors (Lipinski definition) is 2. The minimum atomic E-state index is -0.224. The first-order valence-electron chi connectivity index (χ1n) is 3.56. The van der Waals surface area contributed by atoms with E-state index in [0.717, 1.165) is 6.42 Å². The van der Waals surface area contributed by atoms with Crippen LogP contribution >= 0.6 is 0 Å². The lowest BCUT2D eigenvalue weighted by Gasteiger charge is -2.15. The average Bonchev–Trinajstić information content (AvgIpc) is 1.78. The Morgan fingerprint density at radius 3 is 2.30 bits per heavy atom. The van der Waals surface area contributed by atoms with Crippen LogP contribution in [0.5, 0.6) is 0 Å². The molecule has 0 radical (unpaired) electrons. The zero-order chi connectivity index (χ0) is 8.04. The fourth-order valence-electron chi connectivity index (χ4n) is 0.308. The SMILES string of the molecule is CC/C=C/OOC(C)(C)C. The summed E-state index contributed by atoms with van der Waals surface area (Å²) in [5.41, 5.74) is -0.224. The Morgan fingerprint density at radius 2 is 1.90 bits per heavy atom. The second-order valence-corrected chi connectivity index (χ2v) is 3.07. The molecule has 0 aliphatic carbocycles. The standard InChI is InChI=1S/C8H16O2/c1-5-6-7-9-10-8(2,3)4/h6-7H,5H2,1-4H3/b7-6+. The van der Waals surface area contributed by atoms with Gasteiger partial charge in [-0.1, -0.05) is 6.92 Å². The van der Waals surface area contributed by atoms with Crippen molar-refractivity contribution in [2.75, 3.05) is 0 Å². The van der Waals surface area contributed by atoms with E-state index in [0.29, 0.717) is 0 Å². The van der Waals surface area contributed by atoms with Gasteiger partial charge in [-0.15, -0.1) is 0 Å².